The van der Waals surface area contributed by atoms with E-state index in [0.29, 0.717) is 17.4 Å². The van der Waals surface area contributed by atoms with Crippen LogP contribution in [-0.2, 0) is 6.42 Å². The molecule has 2 unspecified atom stereocenters. The second-order valence-corrected chi connectivity index (χ2v) is 6.29. The van der Waals surface area contributed by atoms with Gasteiger partial charge in [-0.3, -0.25) is 4.98 Å². The lowest BCUT2D eigenvalue weighted by Gasteiger charge is -2.31. The lowest BCUT2D eigenvalue weighted by molar-refractivity contribution is 0.220. The smallest absolute Gasteiger partial charge is 0.0794 e. The number of nitrogens with two attached hydrogens (primary N) is 1. The third-order valence-corrected chi connectivity index (χ3v) is 4.58. The molecule has 0 spiro atoms. The molecular weight excluding hydrogens is 204 g/mol. The van der Waals surface area contributed by atoms with Crippen molar-refractivity contribution in [3.05, 3.63) is 16.6 Å². The summed E-state index contributed by atoms with van der Waals surface area (Å²) in [6.07, 6.45) is 6.92. The van der Waals surface area contributed by atoms with E-state index >= 15 is 0 Å². The summed E-state index contributed by atoms with van der Waals surface area (Å²) in [5.41, 5.74) is 8.65. The van der Waals surface area contributed by atoms with Crippen molar-refractivity contribution >= 4 is 11.3 Å². The summed E-state index contributed by atoms with van der Waals surface area (Å²) < 4.78 is 0. The van der Waals surface area contributed by atoms with Crippen molar-refractivity contribution in [3.8, 4) is 0 Å². The maximum Gasteiger partial charge on any atom is 0.0794 e. The van der Waals surface area contributed by atoms with E-state index < -0.39 is 0 Å². The molecule has 0 aliphatic heterocycles. The molecule has 1 heterocycles. The van der Waals surface area contributed by atoms with Crippen LogP contribution in [0.15, 0.2) is 11.7 Å². The first-order valence-electron chi connectivity index (χ1n) is 5.72. The topological polar surface area (TPSA) is 38.9 Å². The molecule has 1 fully saturated rings. The standard InChI is InChI=1S/C12H20N2S/c1-12(2)5-3-4-10(12)11(13)6-9-7-14-8-15-9/h7-8,10-11H,3-6,13H2,1-2H3. The van der Waals surface area contributed by atoms with Gasteiger partial charge in [-0.2, -0.15) is 0 Å². The predicted octanol–water partition coefficient (Wildman–Crippen LogP) is 2.84. The van der Waals surface area contributed by atoms with E-state index in [-0.39, 0.29) is 0 Å². The third kappa shape index (κ3) is 2.40. The van der Waals surface area contributed by atoms with E-state index in [2.05, 4.69) is 18.8 Å². The van der Waals surface area contributed by atoms with Crippen LogP contribution < -0.4 is 5.73 Å². The summed E-state index contributed by atoms with van der Waals surface area (Å²) in [6, 6.07) is 0.308. The lowest BCUT2D eigenvalue weighted by Crippen LogP contribution is -2.37. The summed E-state index contributed by atoms with van der Waals surface area (Å²) in [5, 5.41) is 0. The fourth-order valence-electron chi connectivity index (χ4n) is 2.86. The normalized spacial score (nSPS) is 26.7. The highest BCUT2D eigenvalue weighted by Gasteiger charge is 2.37. The number of nitrogens with zero attached hydrogens (tertiary/aromatic N) is 1. The summed E-state index contributed by atoms with van der Waals surface area (Å²) >= 11 is 1.72. The van der Waals surface area contributed by atoms with Gasteiger partial charge in [-0.15, -0.1) is 11.3 Å². The Morgan fingerprint density at radius 1 is 1.67 bits per heavy atom. The molecule has 0 aromatic carbocycles. The number of hydrogen-bond donors (Lipinski definition) is 1. The van der Waals surface area contributed by atoms with Crippen LogP contribution in [0.25, 0.3) is 0 Å². The van der Waals surface area contributed by atoms with Crippen LogP contribution in [0.5, 0.6) is 0 Å². The van der Waals surface area contributed by atoms with Gasteiger partial charge in [0.2, 0.25) is 0 Å². The van der Waals surface area contributed by atoms with E-state index in [1.54, 1.807) is 11.3 Å². The molecule has 1 saturated carbocycles. The minimum Gasteiger partial charge on any atom is -0.327 e. The minimum absolute atomic E-state index is 0.308. The quantitative estimate of drug-likeness (QED) is 0.857. The molecule has 0 bridgehead atoms. The van der Waals surface area contributed by atoms with Gasteiger partial charge in [0.15, 0.2) is 0 Å². The number of hydrogen-bond acceptors (Lipinski definition) is 3. The van der Waals surface area contributed by atoms with Crippen LogP contribution in [0.4, 0.5) is 0 Å². The zero-order valence-electron chi connectivity index (χ0n) is 9.57. The van der Waals surface area contributed by atoms with Crippen molar-refractivity contribution in [3.63, 3.8) is 0 Å². The second kappa shape index (κ2) is 4.22. The van der Waals surface area contributed by atoms with Crippen LogP contribution in [0.1, 0.15) is 38.0 Å². The van der Waals surface area contributed by atoms with Crippen LogP contribution in [0, 0.1) is 11.3 Å². The van der Waals surface area contributed by atoms with Gasteiger partial charge in [-0.1, -0.05) is 20.3 Å². The third-order valence-electron chi connectivity index (χ3n) is 3.78. The lowest BCUT2D eigenvalue weighted by atomic mass is 9.77. The fourth-order valence-corrected chi connectivity index (χ4v) is 3.53. The van der Waals surface area contributed by atoms with Gasteiger partial charge in [0, 0.05) is 17.1 Å². The molecule has 1 aromatic heterocycles. The maximum absolute atomic E-state index is 6.32. The highest BCUT2D eigenvalue weighted by Crippen LogP contribution is 2.44. The molecule has 2 nitrogen and oxygen atoms in total. The SMILES string of the molecule is CC1(C)CCCC1C(N)Cc1cncs1. The Labute approximate surface area is 95.9 Å². The van der Waals surface area contributed by atoms with Crippen molar-refractivity contribution in [2.45, 2.75) is 45.6 Å². The van der Waals surface area contributed by atoms with Crippen molar-refractivity contribution in [1.82, 2.24) is 4.98 Å². The van der Waals surface area contributed by atoms with E-state index in [9.17, 15) is 0 Å². The average Bonchev–Trinajstić information content (AvgIpc) is 2.73. The first-order chi connectivity index (χ1) is 7.09. The predicted molar refractivity (Wildman–Crippen MR) is 64.9 cm³/mol. The van der Waals surface area contributed by atoms with Gasteiger partial charge in [0.1, 0.15) is 0 Å². The summed E-state index contributed by atoms with van der Waals surface area (Å²) in [7, 11) is 0. The van der Waals surface area contributed by atoms with Gasteiger partial charge in [0.25, 0.3) is 0 Å². The van der Waals surface area contributed by atoms with E-state index in [4.69, 9.17) is 5.73 Å². The molecule has 0 amide bonds. The van der Waals surface area contributed by atoms with Gasteiger partial charge in [0.05, 0.1) is 5.51 Å². The number of rotatable bonds is 3. The molecule has 1 aliphatic carbocycles. The molecule has 2 N–H and O–H groups in total. The van der Waals surface area contributed by atoms with Crippen LogP contribution >= 0.6 is 11.3 Å². The van der Waals surface area contributed by atoms with E-state index in [1.165, 1.54) is 24.1 Å². The zero-order chi connectivity index (χ0) is 10.9. The van der Waals surface area contributed by atoms with E-state index in [1.807, 2.05) is 11.7 Å². The Morgan fingerprint density at radius 3 is 3.00 bits per heavy atom. The summed E-state index contributed by atoms with van der Waals surface area (Å²) in [4.78, 5) is 5.43. The number of aromatic nitrogens is 1. The first kappa shape index (κ1) is 11.1. The molecule has 3 heteroatoms. The van der Waals surface area contributed by atoms with Gasteiger partial charge < -0.3 is 5.73 Å². The molecular formula is C12H20N2S. The Balaban J connectivity index is 1.99. The van der Waals surface area contributed by atoms with Gasteiger partial charge >= 0.3 is 0 Å². The van der Waals surface area contributed by atoms with Crippen molar-refractivity contribution in [2.24, 2.45) is 17.1 Å². The number of thiazole rings is 1. The molecule has 0 radical (unpaired) electrons. The molecule has 2 atom stereocenters. The fraction of sp³-hybridized carbons (Fsp3) is 0.750. The molecule has 84 valence electrons. The Morgan fingerprint density at radius 2 is 2.47 bits per heavy atom. The average molecular weight is 224 g/mol. The molecule has 1 aromatic rings. The van der Waals surface area contributed by atoms with Crippen LogP contribution in [-0.4, -0.2) is 11.0 Å². The van der Waals surface area contributed by atoms with Crippen molar-refractivity contribution in [1.29, 1.82) is 0 Å². The maximum atomic E-state index is 6.32. The van der Waals surface area contributed by atoms with Crippen molar-refractivity contribution < 1.29 is 0 Å². The summed E-state index contributed by atoms with van der Waals surface area (Å²) in [5.74, 6) is 0.680. The summed E-state index contributed by atoms with van der Waals surface area (Å²) in [6.45, 7) is 4.72. The largest absolute Gasteiger partial charge is 0.327 e. The van der Waals surface area contributed by atoms with Gasteiger partial charge in [-0.05, 0) is 30.6 Å². The molecule has 0 saturated heterocycles. The molecule has 2 rings (SSSR count). The van der Waals surface area contributed by atoms with Crippen LogP contribution in [0.3, 0.4) is 0 Å². The second-order valence-electron chi connectivity index (χ2n) is 5.32. The van der Waals surface area contributed by atoms with Crippen LogP contribution in [0.2, 0.25) is 0 Å². The zero-order valence-corrected chi connectivity index (χ0v) is 10.4. The van der Waals surface area contributed by atoms with Gasteiger partial charge in [-0.25, -0.2) is 0 Å². The highest BCUT2D eigenvalue weighted by atomic mass is 32.1. The van der Waals surface area contributed by atoms with Crippen molar-refractivity contribution in [2.75, 3.05) is 0 Å². The van der Waals surface area contributed by atoms with E-state index in [0.717, 1.165) is 6.42 Å². The Bertz CT molecular complexity index is 305. The Hall–Kier alpha value is -0.410. The first-order valence-corrected chi connectivity index (χ1v) is 6.60. The Kier molecular flexibility index (Phi) is 3.12. The highest BCUT2D eigenvalue weighted by molar-refractivity contribution is 7.09. The minimum atomic E-state index is 0.308. The molecule has 15 heavy (non-hydrogen) atoms. The molecule has 1 aliphatic rings. The monoisotopic (exact) mass is 224 g/mol.